The molecule has 2 nitrogen and oxygen atoms in total. The zero-order chi connectivity index (χ0) is 8.72. The predicted molar refractivity (Wildman–Crippen MR) is 54.4 cm³/mol. The summed E-state index contributed by atoms with van der Waals surface area (Å²) in [5, 5.41) is 1.27. The molecule has 12 heavy (non-hydrogen) atoms. The standard InChI is InChI=1S/C8H12N2S2/c1-5(2)8-9-6-3-10(11)4-7(6)12-8/h5,11H,3-4H2,1-2H3. The molecule has 1 aromatic heterocycles. The lowest BCUT2D eigenvalue weighted by Crippen LogP contribution is -2.01. The van der Waals surface area contributed by atoms with Gasteiger partial charge in [-0.05, 0) is 0 Å². The van der Waals surface area contributed by atoms with E-state index in [1.54, 1.807) is 0 Å². The molecule has 0 N–H and O–H groups in total. The van der Waals surface area contributed by atoms with Crippen molar-refractivity contribution in [2.45, 2.75) is 32.9 Å². The SMILES string of the molecule is CC(C)c1nc2c(s1)CN(S)C2. The number of nitrogens with zero attached hydrogens (tertiary/aromatic N) is 2. The monoisotopic (exact) mass is 200 g/mol. The molecule has 0 aliphatic carbocycles. The van der Waals surface area contributed by atoms with Crippen molar-refractivity contribution < 1.29 is 0 Å². The van der Waals surface area contributed by atoms with Crippen LogP contribution in [0.25, 0.3) is 0 Å². The fourth-order valence-electron chi connectivity index (χ4n) is 1.29. The van der Waals surface area contributed by atoms with E-state index < -0.39 is 0 Å². The molecular formula is C8H12N2S2. The van der Waals surface area contributed by atoms with E-state index in [0.717, 1.165) is 13.1 Å². The molecule has 0 saturated heterocycles. The second-order valence-corrected chi connectivity index (χ2v) is 5.08. The van der Waals surface area contributed by atoms with Crippen LogP contribution >= 0.6 is 24.2 Å². The number of rotatable bonds is 1. The van der Waals surface area contributed by atoms with E-state index >= 15 is 0 Å². The Hall–Kier alpha value is -0.0600. The normalized spacial score (nSPS) is 17.3. The third-order valence-electron chi connectivity index (χ3n) is 1.95. The van der Waals surface area contributed by atoms with Gasteiger partial charge in [-0.15, -0.1) is 11.3 Å². The molecule has 2 heterocycles. The van der Waals surface area contributed by atoms with E-state index in [2.05, 4.69) is 31.6 Å². The van der Waals surface area contributed by atoms with Crippen molar-refractivity contribution in [3.05, 3.63) is 15.6 Å². The Morgan fingerprint density at radius 3 is 2.83 bits per heavy atom. The molecular weight excluding hydrogens is 188 g/mol. The molecule has 0 aromatic carbocycles. The van der Waals surface area contributed by atoms with Gasteiger partial charge < -0.3 is 0 Å². The van der Waals surface area contributed by atoms with Crippen LogP contribution in [0.2, 0.25) is 0 Å². The number of thiazole rings is 1. The maximum absolute atomic E-state index is 4.57. The Kier molecular flexibility index (Phi) is 2.14. The Morgan fingerprint density at radius 2 is 2.25 bits per heavy atom. The summed E-state index contributed by atoms with van der Waals surface area (Å²) in [6, 6.07) is 0. The van der Waals surface area contributed by atoms with Gasteiger partial charge in [0.05, 0.1) is 17.2 Å². The summed E-state index contributed by atoms with van der Waals surface area (Å²) in [5.74, 6) is 0.564. The minimum atomic E-state index is 0.564. The van der Waals surface area contributed by atoms with E-state index in [4.69, 9.17) is 0 Å². The third kappa shape index (κ3) is 1.39. The highest BCUT2D eigenvalue weighted by molar-refractivity contribution is 7.77. The van der Waals surface area contributed by atoms with E-state index in [-0.39, 0.29) is 0 Å². The maximum Gasteiger partial charge on any atom is 0.0957 e. The van der Waals surface area contributed by atoms with Gasteiger partial charge in [0.1, 0.15) is 0 Å². The molecule has 0 bridgehead atoms. The van der Waals surface area contributed by atoms with Crippen molar-refractivity contribution >= 4 is 24.2 Å². The molecule has 2 rings (SSSR count). The van der Waals surface area contributed by atoms with Crippen LogP contribution in [0.1, 0.15) is 35.3 Å². The fourth-order valence-corrected chi connectivity index (χ4v) is 2.76. The highest BCUT2D eigenvalue weighted by Crippen LogP contribution is 2.31. The van der Waals surface area contributed by atoms with Gasteiger partial charge in [0.15, 0.2) is 0 Å². The zero-order valence-corrected chi connectivity index (χ0v) is 8.95. The van der Waals surface area contributed by atoms with Gasteiger partial charge in [0.2, 0.25) is 0 Å². The molecule has 0 radical (unpaired) electrons. The quantitative estimate of drug-likeness (QED) is 0.701. The van der Waals surface area contributed by atoms with Crippen LogP contribution in [0.4, 0.5) is 0 Å². The van der Waals surface area contributed by atoms with E-state index in [1.165, 1.54) is 15.6 Å². The Balaban J connectivity index is 2.28. The van der Waals surface area contributed by atoms with Crippen molar-refractivity contribution in [2.24, 2.45) is 0 Å². The van der Waals surface area contributed by atoms with Crippen LogP contribution in [-0.4, -0.2) is 9.29 Å². The van der Waals surface area contributed by atoms with Gasteiger partial charge in [0, 0.05) is 17.3 Å². The van der Waals surface area contributed by atoms with Crippen molar-refractivity contribution in [1.82, 2.24) is 9.29 Å². The van der Waals surface area contributed by atoms with Crippen LogP contribution in [0, 0.1) is 0 Å². The highest BCUT2D eigenvalue weighted by Gasteiger charge is 2.21. The number of fused-ring (bicyclic) bond motifs is 1. The molecule has 4 heteroatoms. The Morgan fingerprint density at radius 1 is 1.50 bits per heavy atom. The summed E-state index contributed by atoms with van der Waals surface area (Å²) in [5.41, 5.74) is 1.23. The number of hydrogen-bond donors (Lipinski definition) is 1. The minimum absolute atomic E-state index is 0.564. The molecule has 0 saturated carbocycles. The Labute approximate surface area is 82.2 Å². The van der Waals surface area contributed by atoms with Crippen LogP contribution in [-0.2, 0) is 13.1 Å². The third-order valence-corrected chi connectivity index (χ3v) is 3.61. The summed E-state index contributed by atoms with van der Waals surface area (Å²) in [6.45, 7) is 6.24. The van der Waals surface area contributed by atoms with Crippen molar-refractivity contribution in [2.75, 3.05) is 0 Å². The average Bonchev–Trinajstić information content (AvgIpc) is 2.42. The van der Waals surface area contributed by atoms with Crippen LogP contribution < -0.4 is 0 Å². The smallest absolute Gasteiger partial charge is 0.0957 e. The van der Waals surface area contributed by atoms with Crippen LogP contribution in [0.3, 0.4) is 0 Å². The average molecular weight is 200 g/mol. The fraction of sp³-hybridized carbons (Fsp3) is 0.625. The summed E-state index contributed by atoms with van der Waals surface area (Å²) < 4.78 is 2.00. The minimum Gasteiger partial charge on any atom is -0.244 e. The number of thiol groups is 1. The van der Waals surface area contributed by atoms with E-state index in [1.807, 2.05) is 15.6 Å². The van der Waals surface area contributed by atoms with Crippen LogP contribution in [0.5, 0.6) is 0 Å². The van der Waals surface area contributed by atoms with Crippen LogP contribution in [0.15, 0.2) is 0 Å². The lowest BCUT2D eigenvalue weighted by molar-refractivity contribution is 0.513. The molecule has 0 fully saturated rings. The largest absolute Gasteiger partial charge is 0.244 e. The van der Waals surface area contributed by atoms with Gasteiger partial charge in [-0.1, -0.05) is 26.7 Å². The highest BCUT2D eigenvalue weighted by atomic mass is 32.1. The molecule has 0 amide bonds. The summed E-state index contributed by atoms with van der Waals surface area (Å²) in [4.78, 5) is 5.97. The lowest BCUT2D eigenvalue weighted by atomic mass is 10.2. The topological polar surface area (TPSA) is 16.1 Å². The molecule has 1 aliphatic heterocycles. The maximum atomic E-state index is 4.57. The van der Waals surface area contributed by atoms with E-state index in [0.29, 0.717) is 5.92 Å². The molecule has 1 aromatic rings. The number of aromatic nitrogens is 1. The lowest BCUT2D eigenvalue weighted by Gasteiger charge is -2.03. The van der Waals surface area contributed by atoms with Crippen molar-refractivity contribution in [3.63, 3.8) is 0 Å². The summed E-state index contributed by atoms with van der Waals surface area (Å²) >= 11 is 6.12. The van der Waals surface area contributed by atoms with E-state index in [9.17, 15) is 0 Å². The van der Waals surface area contributed by atoms with Gasteiger partial charge in [0.25, 0.3) is 0 Å². The van der Waals surface area contributed by atoms with Crippen molar-refractivity contribution in [3.8, 4) is 0 Å². The van der Waals surface area contributed by atoms with Gasteiger partial charge in [-0.3, -0.25) is 0 Å². The van der Waals surface area contributed by atoms with Gasteiger partial charge in [-0.2, -0.15) is 0 Å². The first-order chi connectivity index (χ1) is 5.66. The molecule has 1 aliphatic rings. The van der Waals surface area contributed by atoms with Gasteiger partial charge >= 0.3 is 0 Å². The summed E-state index contributed by atoms with van der Waals surface area (Å²) in [6.07, 6.45) is 0. The second-order valence-electron chi connectivity index (χ2n) is 3.40. The first-order valence-corrected chi connectivity index (χ1v) is 5.30. The molecule has 0 spiro atoms. The molecule has 0 unspecified atom stereocenters. The predicted octanol–water partition coefficient (Wildman–Crippen LogP) is 2.43. The number of hydrogen-bond acceptors (Lipinski definition) is 4. The van der Waals surface area contributed by atoms with Gasteiger partial charge in [-0.25, -0.2) is 9.29 Å². The zero-order valence-electron chi connectivity index (χ0n) is 7.24. The Bertz CT molecular complexity index is 270. The van der Waals surface area contributed by atoms with Crippen molar-refractivity contribution in [1.29, 1.82) is 0 Å². The second kappa shape index (κ2) is 3.01. The molecule has 0 atom stereocenters. The summed E-state index contributed by atoms with van der Waals surface area (Å²) in [7, 11) is 0. The first-order valence-electron chi connectivity index (χ1n) is 4.09. The first kappa shape index (κ1) is 8.53. The molecule has 66 valence electrons.